The molecule has 2 aliphatic rings. The van der Waals surface area contributed by atoms with Gasteiger partial charge in [-0.2, -0.15) is 17.6 Å². The highest BCUT2D eigenvalue weighted by Gasteiger charge is 2.40. The quantitative estimate of drug-likeness (QED) is 0.0125. The van der Waals surface area contributed by atoms with Crippen LogP contribution in [0.5, 0.6) is 0 Å². The lowest BCUT2D eigenvalue weighted by atomic mass is 10.1. The van der Waals surface area contributed by atoms with Crippen LogP contribution in [0.2, 0.25) is 0 Å². The number of Topliss-reactive ketones (excluding diaryl/α,β-unsaturated/α-hetero) is 7. The van der Waals surface area contributed by atoms with E-state index in [1.807, 2.05) is 55.2 Å². The van der Waals surface area contributed by atoms with Crippen LogP contribution >= 0.6 is 0 Å². The molecule has 22 heteroatoms. The van der Waals surface area contributed by atoms with Crippen molar-refractivity contribution in [1.29, 1.82) is 0 Å². The van der Waals surface area contributed by atoms with Gasteiger partial charge >= 0.3 is 11.8 Å². The third-order valence-corrected chi connectivity index (χ3v) is 19.1. The number of aliphatic hydroxyl groups excluding tert-OH is 10. The van der Waals surface area contributed by atoms with E-state index in [9.17, 15) is 107 Å². The standard InChI is InChI=1S/C20H23FO3.3C17H24O3.2C16H18F2O2.C16H20O/c1-16(22)7-6-10-19(23)8-4-2-3-5-9-20(24)15-17-11-13-18(21)14-12-17;1-14(18)7-6-10-16(19)8-4-2-3-5-9-17(20)13-15-11-12-15;1-3-7-15(19)10-5-4-9-14-12-16(14)17(20)11-6-8-13(2)18;1-4-8-16(19)11-6-5-9-14(2)13-17(20)12-7-10-15(3)18;2*1-3-9-15(20)11-6-4-5-7-12-16(17,18)13-8-10-14(2)19;1-3-4-5-6-7-8-9-10-11-12-13-14-15-16(2)17/h2-3,5,9,11-14,19-20,23-24H,6-7,10,15H2,1H3;2-3,5,9,15-17,19-20H,6-7,10-13H2,1H3;1,4-5,9-10,14-17,19-20H,6-8,11-12H2,2H3;1,5-6,9,11,13,16-17,19-20H,7-8,10,12H2,2-3H3;2*1,4-6,11,15,20H,8-10,13H2,2H3;1,6-9H,4-5,12-15H2,2H3/b2*3-2+,9-5+;9-4+,10-5+;9-5+,11-6+,14-13-;2*5-4+,11-6+;7-6+,9-8+/t19-,20+;16-,17+;14-,15-,16+,17+;16-,17?;2*15-;/m111111./s1. The predicted molar refractivity (Wildman–Crippen MR) is 558 cm³/mol. The van der Waals surface area contributed by atoms with Gasteiger partial charge in [0.15, 0.2) is 0 Å². The molecule has 2 aliphatic carbocycles. The van der Waals surface area contributed by atoms with E-state index < -0.39 is 73.5 Å². The minimum absolute atomic E-state index is 0.107. The molecular weight excluding hydrogens is 1800 g/mol. The van der Waals surface area contributed by atoms with E-state index in [0.29, 0.717) is 114 Å². The highest BCUT2D eigenvalue weighted by atomic mass is 19.3. The molecule has 2 saturated carbocycles. The largest absolute Gasteiger partial charge is 0.393 e. The zero-order chi connectivity index (χ0) is 107. The summed E-state index contributed by atoms with van der Waals surface area (Å²) in [7, 11) is 0. The van der Waals surface area contributed by atoms with Crippen LogP contribution in [0.4, 0.5) is 22.0 Å². The van der Waals surface area contributed by atoms with Crippen LogP contribution in [0.3, 0.4) is 0 Å². The summed E-state index contributed by atoms with van der Waals surface area (Å²) in [5.41, 5.74) is 1.78. The van der Waals surface area contributed by atoms with Crippen LogP contribution in [-0.2, 0) is 40.0 Å². The number of alkyl halides is 4. The van der Waals surface area contributed by atoms with E-state index in [1.54, 1.807) is 125 Å². The van der Waals surface area contributed by atoms with E-state index in [0.717, 1.165) is 62.5 Å². The third kappa shape index (κ3) is 105. The van der Waals surface area contributed by atoms with Gasteiger partial charge in [0.25, 0.3) is 0 Å². The van der Waals surface area contributed by atoms with Gasteiger partial charge in [-0.25, -0.2) is 4.39 Å². The van der Waals surface area contributed by atoms with Crippen molar-refractivity contribution < 1.29 is 107 Å². The van der Waals surface area contributed by atoms with Gasteiger partial charge in [-0.3, -0.25) is 0 Å². The number of unbranched alkanes of at least 4 members (excludes halogenated alkanes) is 3. The van der Waals surface area contributed by atoms with Crippen LogP contribution in [0.1, 0.15) is 266 Å². The first kappa shape index (κ1) is 135. The number of rotatable bonds is 55. The Labute approximate surface area is 838 Å². The van der Waals surface area contributed by atoms with Crippen LogP contribution in [0, 0.1) is 144 Å². The Morgan fingerprint density at radius 3 is 1.18 bits per heavy atom. The summed E-state index contributed by atoms with van der Waals surface area (Å²) >= 11 is 0. The molecule has 0 spiro atoms. The molecule has 17 nitrogen and oxygen atoms in total. The van der Waals surface area contributed by atoms with Crippen LogP contribution < -0.4 is 0 Å². The first-order valence-corrected chi connectivity index (χ1v) is 47.6. The number of allylic oxidation sites excluding steroid dienone is 23. The highest BCUT2D eigenvalue weighted by Crippen LogP contribution is 2.43. The molecule has 0 aliphatic heterocycles. The molecule has 1 unspecified atom stereocenters. The molecule has 0 aromatic heterocycles. The maximum absolute atomic E-state index is 13.2. The molecule has 1 aromatic carbocycles. The molecule has 0 bridgehead atoms. The fourth-order valence-electron chi connectivity index (χ4n) is 11.3. The van der Waals surface area contributed by atoms with Crippen molar-refractivity contribution in [3.05, 3.63) is 217 Å². The number of terminal acetylenes is 5. The van der Waals surface area contributed by atoms with Crippen molar-refractivity contribution in [3.63, 3.8) is 0 Å². The molecule has 10 N–H and O–H groups in total. The Kier molecular flexibility index (Phi) is 87.8. The number of carbonyl (C=O) groups excluding carboxylic acids is 7. The lowest BCUT2D eigenvalue weighted by Crippen LogP contribution is -2.12. The van der Waals surface area contributed by atoms with Crippen molar-refractivity contribution in [2.24, 2.45) is 17.8 Å². The van der Waals surface area contributed by atoms with Crippen molar-refractivity contribution in [3.8, 4) is 121 Å². The number of aliphatic hydroxyl groups is 10. The molecule has 1 aromatic rings. The van der Waals surface area contributed by atoms with E-state index in [1.165, 1.54) is 94.4 Å². The molecule has 12 atom stereocenters. The molecule has 0 heterocycles. The van der Waals surface area contributed by atoms with Crippen molar-refractivity contribution >= 4 is 40.5 Å². The predicted octanol–water partition coefficient (Wildman–Crippen LogP) is 19.6. The first-order chi connectivity index (χ1) is 67.0. The second-order valence-electron chi connectivity index (χ2n) is 33.5. The Morgan fingerprint density at radius 2 is 0.766 bits per heavy atom. The maximum atomic E-state index is 13.2. The Hall–Kier alpha value is -12.1. The highest BCUT2D eigenvalue weighted by molar-refractivity contribution is 5.77. The zero-order valence-corrected chi connectivity index (χ0v) is 83.5. The Bertz CT molecular complexity index is 4710. The summed E-state index contributed by atoms with van der Waals surface area (Å²) < 4.78 is 65.6. The maximum Gasteiger partial charge on any atom is 0.308 e. The van der Waals surface area contributed by atoms with E-state index in [-0.39, 0.29) is 97.0 Å². The lowest BCUT2D eigenvalue weighted by molar-refractivity contribution is -0.118. The average molecular weight is 1950 g/mol. The molecule has 2 fully saturated rings. The number of ketones is 7. The number of halogens is 5. The SMILES string of the molecule is C#CCC/C=C/C=C/C#CCCCCC(C)=O.C#CC[C@@H](O)/C=C/C=C/C#CC(F)(F)CCCC(C)=O.C#CC[C@@H](O)/C=C/C=C/C#CC(F)(F)CCCC(C)=O.C#CC[C@@H](O)/C=C/C=C/C(C)=C\C(O)CCCC(C)=O.C#CC[C@@H](O)/C=C/C=C/[C@@H]1C[C@@H]1[C@@H](O)CCCC(C)=O.CC(=O)CCC[C@H](O)C#C/C=C/C=C/[C@H](O)CC1CC1.CC(=O)CCC[C@H](O)C#C/C=C/C=C/[C@H](O)Cc1ccc(F)cc1. The topological polar surface area (TPSA) is 322 Å². The molecule has 141 heavy (non-hydrogen) atoms. The number of hydrogen-bond acceptors (Lipinski definition) is 17. The van der Waals surface area contributed by atoms with Crippen LogP contribution in [0.15, 0.2) is 206 Å². The average Bonchev–Trinajstić information content (AvgIpc) is 1.68. The van der Waals surface area contributed by atoms with E-state index in [4.69, 9.17) is 32.1 Å². The summed E-state index contributed by atoms with van der Waals surface area (Å²) in [6, 6.07) is 6.01. The second-order valence-corrected chi connectivity index (χ2v) is 33.5. The molecule has 764 valence electrons. The Balaban J connectivity index is -0.000000778. The van der Waals surface area contributed by atoms with E-state index >= 15 is 0 Å². The van der Waals surface area contributed by atoms with Gasteiger partial charge in [-0.15, -0.1) is 61.7 Å². The van der Waals surface area contributed by atoms with Gasteiger partial charge in [0.05, 0.1) is 48.8 Å². The van der Waals surface area contributed by atoms with Gasteiger partial charge in [0, 0.05) is 103 Å². The third-order valence-electron chi connectivity index (χ3n) is 19.1. The Morgan fingerprint density at radius 1 is 0.397 bits per heavy atom. The van der Waals surface area contributed by atoms with Crippen LogP contribution in [0.25, 0.3) is 0 Å². The number of carbonyl (C=O) groups is 7. The fraction of sp³-hybridized carbons (Fsp3) is 0.471. The molecule has 0 radical (unpaired) electrons. The summed E-state index contributed by atoms with van der Waals surface area (Å²) in [6.07, 6.45) is 85.6. The van der Waals surface area contributed by atoms with Gasteiger partial charge in [0.1, 0.15) is 58.5 Å². The summed E-state index contributed by atoms with van der Waals surface area (Å²) in [5.74, 6) is 32.5. The smallest absolute Gasteiger partial charge is 0.308 e. The van der Waals surface area contributed by atoms with E-state index in [2.05, 4.69) is 83.0 Å². The fourth-order valence-corrected chi connectivity index (χ4v) is 11.3. The van der Waals surface area contributed by atoms with Gasteiger partial charge in [0.2, 0.25) is 0 Å². The molecule has 3 rings (SSSR count). The first-order valence-electron chi connectivity index (χ1n) is 47.6. The summed E-state index contributed by atoms with van der Waals surface area (Å²) in [6.45, 7) is 12.5. The zero-order valence-electron chi connectivity index (χ0n) is 83.5. The van der Waals surface area contributed by atoms with Gasteiger partial charge in [-0.1, -0.05) is 224 Å². The minimum atomic E-state index is -3.09. The van der Waals surface area contributed by atoms with Crippen LogP contribution in [-0.4, -0.2) is 164 Å². The van der Waals surface area contributed by atoms with Crippen molar-refractivity contribution in [2.75, 3.05) is 0 Å². The second kappa shape index (κ2) is 91.6. The summed E-state index contributed by atoms with van der Waals surface area (Å²) in [5, 5.41) is 95.5. The van der Waals surface area contributed by atoms with Gasteiger partial charge < -0.3 is 84.6 Å². The molecular formula is C119H151F5O17. The van der Waals surface area contributed by atoms with Gasteiger partial charge in [-0.05, 0) is 229 Å². The minimum Gasteiger partial charge on any atom is -0.393 e. The normalized spacial score (nSPS) is 15.5. The van der Waals surface area contributed by atoms with Crippen molar-refractivity contribution in [2.45, 2.75) is 340 Å². The lowest BCUT2D eigenvalue weighted by Gasteiger charge is -2.08. The van der Waals surface area contributed by atoms with Crippen molar-refractivity contribution in [1.82, 2.24) is 0 Å². The number of hydrogen-bond donors (Lipinski definition) is 10. The number of benzene rings is 1. The molecule has 0 amide bonds. The summed E-state index contributed by atoms with van der Waals surface area (Å²) in [4.78, 5) is 75.0. The molecule has 0 saturated heterocycles. The monoisotopic (exact) mass is 1950 g/mol.